The molecule has 1 amide bonds. The molecule has 0 unspecified atom stereocenters. The molecule has 1 aliphatic heterocycles. The molecule has 1 aliphatic rings. The monoisotopic (exact) mass is 368 g/mol. The fourth-order valence-electron chi connectivity index (χ4n) is 3.11. The average molecular weight is 368 g/mol. The van der Waals surface area contributed by atoms with E-state index in [-0.39, 0.29) is 5.91 Å². The SMILES string of the molecule is CCN(Cc1ccccc1)C(=O)c1ccc(NCCN2CCOCC2)nc1. The molecule has 3 rings (SSSR count). The van der Waals surface area contributed by atoms with Crippen molar-refractivity contribution in [3.63, 3.8) is 0 Å². The van der Waals surface area contributed by atoms with Crippen LogP contribution in [0.4, 0.5) is 5.82 Å². The van der Waals surface area contributed by atoms with Crippen LogP contribution in [0, 0.1) is 0 Å². The maximum Gasteiger partial charge on any atom is 0.255 e. The maximum absolute atomic E-state index is 12.8. The third-order valence-electron chi connectivity index (χ3n) is 4.73. The van der Waals surface area contributed by atoms with Crippen LogP contribution < -0.4 is 5.32 Å². The Hall–Kier alpha value is -2.44. The first-order valence-corrected chi connectivity index (χ1v) is 9.59. The molecule has 1 N–H and O–H groups in total. The Balaban J connectivity index is 1.51. The van der Waals surface area contributed by atoms with E-state index in [0.29, 0.717) is 18.7 Å². The Kier molecular flexibility index (Phi) is 7.19. The van der Waals surface area contributed by atoms with Crippen LogP contribution in [0.3, 0.4) is 0 Å². The number of rotatable bonds is 8. The molecule has 27 heavy (non-hydrogen) atoms. The van der Waals surface area contributed by atoms with Gasteiger partial charge < -0.3 is 15.0 Å². The largest absolute Gasteiger partial charge is 0.379 e. The van der Waals surface area contributed by atoms with E-state index in [1.54, 1.807) is 6.20 Å². The zero-order valence-electron chi connectivity index (χ0n) is 15.9. The van der Waals surface area contributed by atoms with Crippen LogP contribution in [0.5, 0.6) is 0 Å². The van der Waals surface area contributed by atoms with Crippen LogP contribution >= 0.6 is 0 Å². The average Bonchev–Trinajstić information content (AvgIpc) is 2.73. The normalized spacial score (nSPS) is 14.7. The molecule has 1 saturated heterocycles. The predicted molar refractivity (Wildman–Crippen MR) is 107 cm³/mol. The maximum atomic E-state index is 12.8. The van der Waals surface area contributed by atoms with Crippen molar-refractivity contribution < 1.29 is 9.53 Å². The van der Waals surface area contributed by atoms with Crippen molar-refractivity contribution >= 4 is 11.7 Å². The minimum atomic E-state index is 0.00807. The van der Waals surface area contributed by atoms with Crippen molar-refractivity contribution in [3.05, 3.63) is 59.8 Å². The van der Waals surface area contributed by atoms with Crippen LogP contribution in [-0.2, 0) is 11.3 Å². The van der Waals surface area contributed by atoms with Crippen LogP contribution in [0.15, 0.2) is 48.7 Å². The van der Waals surface area contributed by atoms with Crippen molar-refractivity contribution in [1.29, 1.82) is 0 Å². The number of hydrogen-bond acceptors (Lipinski definition) is 5. The molecule has 0 radical (unpaired) electrons. The minimum Gasteiger partial charge on any atom is -0.379 e. The summed E-state index contributed by atoms with van der Waals surface area (Å²) in [6, 6.07) is 13.8. The number of hydrogen-bond donors (Lipinski definition) is 1. The molecule has 0 saturated carbocycles. The van der Waals surface area contributed by atoms with E-state index in [1.807, 2.05) is 54.3 Å². The number of nitrogens with zero attached hydrogens (tertiary/aromatic N) is 3. The van der Waals surface area contributed by atoms with E-state index in [0.717, 1.165) is 50.8 Å². The summed E-state index contributed by atoms with van der Waals surface area (Å²) in [5.74, 6) is 0.805. The van der Waals surface area contributed by atoms with Crippen LogP contribution in [0.2, 0.25) is 0 Å². The van der Waals surface area contributed by atoms with E-state index >= 15 is 0 Å². The van der Waals surface area contributed by atoms with Gasteiger partial charge in [0, 0.05) is 45.5 Å². The molecule has 0 aliphatic carbocycles. The highest BCUT2D eigenvalue weighted by Gasteiger charge is 2.15. The van der Waals surface area contributed by atoms with Crippen LogP contribution in [0.1, 0.15) is 22.8 Å². The van der Waals surface area contributed by atoms with E-state index < -0.39 is 0 Å². The lowest BCUT2D eigenvalue weighted by Gasteiger charge is -2.26. The Morgan fingerprint density at radius 3 is 2.63 bits per heavy atom. The van der Waals surface area contributed by atoms with Gasteiger partial charge in [-0.1, -0.05) is 30.3 Å². The highest BCUT2D eigenvalue weighted by Crippen LogP contribution is 2.11. The summed E-state index contributed by atoms with van der Waals surface area (Å²) < 4.78 is 5.36. The number of carbonyl (C=O) groups excluding carboxylic acids is 1. The van der Waals surface area contributed by atoms with Gasteiger partial charge in [0.2, 0.25) is 0 Å². The van der Waals surface area contributed by atoms with E-state index in [1.165, 1.54) is 0 Å². The molecule has 0 atom stereocenters. The molecule has 6 nitrogen and oxygen atoms in total. The molecule has 0 bridgehead atoms. The van der Waals surface area contributed by atoms with Crippen molar-refractivity contribution in [2.45, 2.75) is 13.5 Å². The first kappa shape index (κ1) is 19.3. The summed E-state index contributed by atoms with van der Waals surface area (Å²) in [4.78, 5) is 21.4. The Labute approximate surface area is 161 Å². The quantitative estimate of drug-likeness (QED) is 0.776. The standard InChI is InChI=1S/C21H28N4O2/c1-2-25(17-18-6-4-3-5-7-18)21(26)19-8-9-20(23-16-19)22-10-11-24-12-14-27-15-13-24/h3-9,16H,2,10-15,17H2,1H3,(H,22,23). The lowest BCUT2D eigenvalue weighted by molar-refractivity contribution is 0.0398. The van der Waals surface area contributed by atoms with Crippen molar-refractivity contribution in [1.82, 2.24) is 14.8 Å². The number of nitrogens with one attached hydrogen (secondary N) is 1. The van der Waals surface area contributed by atoms with Crippen LogP contribution in [0.25, 0.3) is 0 Å². The van der Waals surface area contributed by atoms with Gasteiger partial charge in [-0.15, -0.1) is 0 Å². The molecule has 2 heterocycles. The highest BCUT2D eigenvalue weighted by atomic mass is 16.5. The van der Waals surface area contributed by atoms with E-state index in [9.17, 15) is 4.79 Å². The number of pyridine rings is 1. The molecule has 0 spiro atoms. The van der Waals surface area contributed by atoms with Crippen molar-refractivity contribution in [2.75, 3.05) is 51.3 Å². The molecule has 1 aromatic carbocycles. The Morgan fingerprint density at radius 1 is 1.19 bits per heavy atom. The summed E-state index contributed by atoms with van der Waals surface area (Å²) in [5, 5.41) is 3.32. The molecule has 1 fully saturated rings. The first-order chi connectivity index (χ1) is 13.3. The Morgan fingerprint density at radius 2 is 1.96 bits per heavy atom. The number of benzene rings is 1. The van der Waals surface area contributed by atoms with E-state index in [4.69, 9.17) is 4.74 Å². The number of carbonyl (C=O) groups is 1. The van der Waals surface area contributed by atoms with Crippen LogP contribution in [-0.4, -0.2) is 66.6 Å². The molecule has 6 heteroatoms. The number of aromatic nitrogens is 1. The van der Waals surface area contributed by atoms with Crippen molar-refractivity contribution in [3.8, 4) is 0 Å². The van der Waals surface area contributed by atoms with Gasteiger partial charge in [-0.25, -0.2) is 4.98 Å². The number of anilines is 1. The second kappa shape index (κ2) is 10.0. The van der Waals surface area contributed by atoms with Gasteiger partial charge in [-0.3, -0.25) is 9.69 Å². The van der Waals surface area contributed by atoms with Gasteiger partial charge in [-0.05, 0) is 24.6 Å². The molecule has 1 aromatic heterocycles. The summed E-state index contributed by atoms with van der Waals surface area (Å²) >= 11 is 0. The smallest absolute Gasteiger partial charge is 0.255 e. The first-order valence-electron chi connectivity index (χ1n) is 9.59. The lowest BCUT2D eigenvalue weighted by atomic mass is 10.2. The zero-order chi connectivity index (χ0) is 18.9. The fourth-order valence-corrected chi connectivity index (χ4v) is 3.11. The summed E-state index contributed by atoms with van der Waals surface area (Å²) in [6.07, 6.45) is 1.66. The predicted octanol–water partition coefficient (Wildman–Crippen LogP) is 2.49. The second-order valence-electron chi connectivity index (χ2n) is 6.62. The summed E-state index contributed by atoms with van der Waals surface area (Å²) in [5.41, 5.74) is 1.74. The minimum absolute atomic E-state index is 0.00807. The van der Waals surface area contributed by atoms with Gasteiger partial charge in [0.1, 0.15) is 5.82 Å². The third kappa shape index (κ3) is 5.77. The molecular formula is C21H28N4O2. The van der Waals surface area contributed by atoms with Gasteiger partial charge in [0.15, 0.2) is 0 Å². The van der Waals surface area contributed by atoms with Gasteiger partial charge in [0.25, 0.3) is 5.91 Å². The zero-order valence-corrected chi connectivity index (χ0v) is 15.9. The Bertz CT molecular complexity index is 700. The summed E-state index contributed by atoms with van der Waals surface area (Å²) in [6.45, 7) is 8.65. The highest BCUT2D eigenvalue weighted by molar-refractivity contribution is 5.94. The van der Waals surface area contributed by atoms with E-state index in [2.05, 4.69) is 15.2 Å². The van der Waals surface area contributed by atoms with Gasteiger partial charge in [0.05, 0.1) is 18.8 Å². The molecule has 144 valence electrons. The summed E-state index contributed by atoms with van der Waals surface area (Å²) in [7, 11) is 0. The fraction of sp³-hybridized carbons (Fsp3) is 0.429. The number of amides is 1. The van der Waals surface area contributed by atoms with Gasteiger partial charge in [-0.2, -0.15) is 0 Å². The van der Waals surface area contributed by atoms with Gasteiger partial charge >= 0.3 is 0 Å². The molecule has 2 aromatic rings. The number of ether oxygens (including phenoxy) is 1. The number of morpholine rings is 1. The topological polar surface area (TPSA) is 57.7 Å². The third-order valence-corrected chi connectivity index (χ3v) is 4.73. The lowest BCUT2D eigenvalue weighted by Crippen LogP contribution is -2.39. The second-order valence-corrected chi connectivity index (χ2v) is 6.62. The molecular weight excluding hydrogens is 340 g/mol. The van der Waals surface area contributed by atoms with Crippen molar-refractivity contribution in [2.24, 2.45) is 0 Å².